The van der Waals surface area contributed by atoms with Crippen LogP contribution < -0.4 is 11.1 Å². The standard InChI is InChI=1S/C21H24F3N3O.2ClH/c22-21(23,24)20(16-9-5-2-6-10-16)26-12-19(28)27-13-17(11-25)18(14-27)15-7-3-1-4-8-15;;/h1-10,17-18,20,26H,11-14,25H2;2*1H/t17-,18+,20?;;/m1../s1. The summed E-state index contributed by atoms with van der Waals surface area (Å²) in [5.41, 5.74) is 7.06. The second-order valence-electron chi connectivity index (χ2n) is 7.08. The van der Waals surface area contributed by atoms with E-state index in [9.17, 15) is 18.0 Å². The number of alkyl halides is 3. The zero-order chi connectivity index (χ0) is 20.1. The Bertz CT molecular complexity index is 778. The number of amides is 1. The van der Waals surface area contributed by atoms with Crippen LogP contribution in [0, 0.1) is 5.92 Å². The van der Waals surface area contributed by atoms with E-state index in [2.05, 4.69) is 5.32 Å². The van der Waals surface area contributed by atoms with Gasteiger partial charge in [-0.25, -0.2) is 0 Å². The quantitative estimate of drug-likeness (QED) is 0.682. The average Bonchev–Trinajstić information content (AvgIpc) is 3.13. The smallest absolute Gasteiger partial charge is 0.341 e. The largest absolute Gasteiger partial charge is 0.407 e. The Morgan fingerprint density at radius 1 is 1.03 bits per heavy atom. The molecule has 0 spiro atoms. The summed E-state index contributed by atoms with van der Waals surface area (Å²) in [4.78, 5) is 14.2. The molecular weight excluding hydrogens is 438 g/mol. The topological polar surface area (TPSA) is 58.4 Å². The number of hydrogen-bond acceptors (Lipinski definition) is 3. The van der Waals surface area contributed by atoms with Gasteiger partial charge in [-0.2, -0.15) is 13.2 Å². The fraction of sp³-hybridized carbons (Fsp3) is 0.381. The summed E-state index contributed by atoms with van der Waals surface area (Å²) < 4.78 is 40.3. The highest BCUT2D eigenvalue weighted by Gasteiger charge is 2.41. The van der Waals surface area contributed by atoms with Crippen LogP contribution >= 0.6 is 24.8 Å². The Kier molecular flexibility index (Phi) is 10.1. The minimum Gasteiger partial charge on any atom is -0.341 e. The second kappa shape index (κ2) is 11.6. The fourth-order valence-electron chi connectivity index (χ4n) is 3.76. The van der Waals surface area contributed by atoms with Crippen LogP contribution in [0.1, 0.15) is 23.1 Å². The van der Waals surface area contributed by atoms with Crippen molar-refractivity contribution in [1.82, 2.24) is 10.2 Å². The summed E-state index contributed by atoms with van der Waals surface area (Å²) in [5, 5.41) is 2.39. The molecule has 2 aromatic carbocycles. The maximum absolute atomic E-state index is 13.4. The molecule has 1 unspecified atom stereocenters. The van der Waals surface area contributed by atoms with Crippen molar-refractivity contribution >= 4 is 30.7 Å². The molecule has 1 aliphatic heterocycles. The molecule has 1 fully saturated rings. The van der Waals surface area contributed by atoms with Gasteiger partial charge in [-0.15, -0.1) is 24.8 Å². The van der Waals surface area contributed by atoms with Crippen LogP contribution in [-0.4, -0.2) is 43.2 Å². The zero-order valence-electron chi connectivity index (χ0n) is 16.2. The minimum atomic E-state index is -4.49. The third kappa shape index (κ3) is 6.35. The summed E-state index contributed by atoms with van der Waals surface area (Å²) >= 11 is 0. The van der Waals surface area contributed by atoms with Gasteiger partial charge < -0.3 is 10.6 Å². The molecular formula is C21H26Cl2F3N3O. The summed E-state index contributed by atoms with van der Waals surface area (Å²) in [5.74, 6) is -0.149. The fourth-order valence-corrected chi connectivity index (χ4v) is 3.76. The molecule has 0 saturated carbocycles. The van der Waals surface area contributed by atoms with Gasteiger partial charge in [0.25, 0.3) is 0 Å². The van der Waals surface area contributed by atoms with Crippen LogP contribution in [0.25, 0.3) is 0 Å². The predicted molar refractivity (Wildman–Crippen MR) is 116 cm³/mol. The van der Waals surface area contributed by atoms with Crippen molar-refractivity contribution in [3.63, 3.8) is 0 Å². The highest BCUT2D eigenvalue weighted by molar-refractivity contribution is 5.85. The second-order valence-corrected chi connectivity index (χ2v) is 7.08. The molecule has 3 N–H and O–H groups in total. The third-order valence-electron chi connectivity index (χ3n) is 5.24. The number of carbonyl (C=O) groups is 1. The number of benzene rings is 2. The molecule has 9 heteroatoms. The first-order valence-corrected chi connectivity index (χ1v) is 9.28. The van der Waals surface area contributed by atoms with Gasteiger partial charge in [-0.3, -0.25) is 10.1 Å². The van der Waals surface area contributed by atoms with Gasteiger partial charge in [0.15, 0.2) is 0 Å². The van der Waals surface area contributed by atoms with Gasteiger partial charge >= 0.3 is 6.18 Å². The first-order chi connectivity index (χ1) is 13.4. The normalized spacial score (nSPS) is 19.5. The summed E-state index contributed by atoms with van der Waals surface area (Å²) in [6.45, 7) is 0.969. The molecule has 1 aliphatic rings. The van der Waals surface area contributed by atoms with Gasteiger partial charge in [-0.1, -0.05) is 60.7 Å². The van der Waals surface area contributed by atoms with E-state index < -0.39 is 12.2 Å². The molecule has 0 aliphatic carbocycles. The lowest BCUT2D eigenvalue weighted by Gasteiger charge is -2.24. The van der Waals surface area contributed by atoms with Gasteiger partial charge in [-0.05, 0) is 23.6 Å². The van der Waals surface area contributed by atoms with Crippen molar-refractivity contribution in [1.29, 1.82) is 0 Å². The van der Waals surface area contributed by atoms with E-state index in [1.807, 2.05) is 30.3 Å². The first kappa shape index (κ1) is 26.2. The molecule has 1 saturated heterocycles. The predicted octanol–water partition coefficient (Wildman–Crippen LogP) is 3.92. The van der Waals surface area contributed by atoms with Crippen LogP contribution in [0.15, 0.2) is 60.7 Å². The number of likely N-dealkylation sites (tertiary alicyclic amines) is 1. The lowest BCUT2D eigenvalue weighted by atomic mass is 9.89. The van der Waals surface area contributed by atoms with Crippen molar-refractivity contribution < 1.29 is 18.0 Å². The lowest BCUT2D eigenvalue weighted by molar-refractivity contribution is -0.159. The molecule has 0 bridgehead atoms. The Morgan fingerprint density at radius 3 is 2.13 bits per heavy atom. The van der Waals surface area contributed by atoms with E-state index in [1.54, 1.807) is 23.1 Å². The van der Waals surface area contributed by atoms with Gasteiger partial charge in [0.05, 0.1) is 6.54 Å². The molecule has 3 atom stereocenters. The molecule has 0 radical (unpaired) electrons. The summed E-state index contributed by atoms with van der Waals surface area (Å²) in [6.07, 6.45) is -4.49. The van der Waals surface area contributed by atoms with Crippen LogP contribution in [-0.2, 0) is 4.79 Å². The number of carbonyl (C=O) groups excluding carboxylic acids is 1. The van der Waals surface area contributed by atoms with Crippen molar-refractivity contribution in [3.05, 3.63) is 71.8 Å². The Hall–Kier alpha value is -1.80. The van der Waals surface area contributed by atoms with Crippen LogP contribution in [0.4, 0.5) is 13.2 Å². The van der Waals surface area contributed by atoms with E-state index >= 15 is 0 Å². The molecule has 30 heavy (non-hydrogen) atoms. The molecule has 2 aromatic rings. The van der Waals surface area contributed by atoms with Crippen molar-refractivity contribution in [2.75, 3.05) is 26.2 Å². The van der Waals surface area contributed by atoms with Crippen LogP contribution in [0.3, 0.4) is 0 Å². The van der Waals surface area contributed by atoms with E-state index in [0.717, 1.165) is 5.56 Å². The first-order valence-electron chi connectivity index (χ1n) is 9.28. The number of nitrogens with one attached hydrogen (secondary N) is 1. The Balaban J connectivity index is 0.00000225. The van der Waals surface area contributed by atoms with Crippen LogP contribution in [0.5, 0.6) is 0 Å². The number of nitrogens with two attached hydrogens (primary N) is 1. The highest BCUT2D eigenvalue weighted by atomic mass is 35.5. The average molecular weight is 464 g/mol. The van der Waals surface area contributed by atoms with Gasteiger partial charge in [0.1, 0.15) is 6.04 Å². The molecule has 4 nitrogen and oxygen atoms in total. The van der Waals surface area contributed by atoms with Crippen molar-refractivity contribution in [3.8, 4) is 0 Å². The van der Waals surface area contributed by atoms with E-state index in [4.69, 9.17) is 5.73 Å². The van der Waals surface area contributed by atoms with Gasteiger partial charge in [0, 0.05) is 19.0 Å². The number of nitrogens with zero attached hydrogens (tertiary/aromatic N) is 1. The maximum Gasteiger partial charge on any atom is 0.407 e. The van der Waals surface area contributed by atoms with E-state index in [-0.39, 0.29) is 54.7 Å². The lowest BCUT2D eigenvalue weighted by Crippen LogP contribution is -2.42. The van der Waals surface area contributed by atoms with Crippen LogP contribution in [0.2, 0.25) is 0 Å². The molecule has 166 valence electrons. The van der Waals surface area contributed by atoms with Crippen molar-refractivity contribution in [2.45, 2.75) is 18.1 Å². The minimum absolute atomic E-state index is 0. The molecule has 1 heterocycles. The molecule has 3 rings (SSSR count). The monoisotopic (exact) mass is 463 g/mol. The maximum atomic E-state index is 13.4. The number of halogens is 5. The Morgan fingerprint density at radius 2 is 1.60 bits per heavy atom. The molecule has 0 aromatic heterocycles. The van der Waals surface area contributed by atoms with E-state index in [0.29, 0.717) is 19.6 Å². The number of hydrogen-bond donors (Lipinski definition) is 2. The summed E-state index contributed by atoms with van der Waals surface area (Å²) in [6, 6.07) is 15.5. The third-order valence-corrected chi connectivity index (χ3v) is 5.24. The Labute approximate surface area is 186 Å². The zero-order valence-corrected chi connectivity index (χ0v) is 17.9. The van der Waals surface area contributed by atoms with E-state index in [1.165, 1.54) is 12.1 Å². The van der Waals surface area contributed by atoms with Gasteiger partial charge in [0.2, 0.25) is 5.91 Å². The molecule has 1 amide bonds. The summed E-state index contributed by atoms with van der Waals surface area (Å²) in [7, 11) is 0. The number of rotatable bonds is 6. The highest BCUT2D eigenvalue weighted by Crippen LogP contribution is 2.34. The van der Waals surface area contributed by atoms with Crippen molar-refractivity contribution in [2.24, 2.45) is 11.7 Å². The SMILES string of the molecule is Cl.Cl.NC[C@@H]1CN(C(=O)CNC(c2ccccc2)C(F)(F)F)C[C@H]1c1ccccc1.